The zero-order valence-corrected chi connectivity index (χ0v) is 4.97. The molecule has 1 aliphatic heterocycles. The summed E-state index contributed by atoms with van der Waals surface area (Å²) in [6.45, 7) is 4.02. The van der Waals surface area contributed by atoms with E-state index < -0.39 is 0 Å². The Morgan fingerprint density at radius 3 is 1.71 bits per heavy atom. The van der Waals surface area contributed by atoms with Gasteiger partial charge in [0.05, 0.1) is 5.54 Å². The van der Waals surface area contributed by atoms with E-state index in [4.69, 9.17) is 5.11 Å². The van der Waals surface area contributed by atoms with E-state index in [0.717, 1.165) is 0 Å². The Kier molecular flexibility index (Phi) is 0.730. The Morgan fingerprint density at radius 1 is 1.57 bits per heavy atom. The third kappa shape index (κ3) is 0.469. The van der Waals surface area contributed by atoms with Crippen LogP contribution in [0, 0.1) is 0 Å². The fourth-order valence-electron chi connectivity index (χ4n) is 0.652. The minimum atomic E-state index is -0.201. The average molecular weight is 101 g/mol. The molecule has 0 aromatic rings. The summed E-state index contributed by atoms with van der Waals surface area (Å²) in [5.74, 6) is 0. The maximum absolute atomic E-state index is 8.89. The van der Waals surface area contributed by atoms with Crippen LogP contribution in [0.25, 0.3) is 0 Å². The number of likely N-dealkylation sites (N-methyl/N-ethyl adjacent to an activating group) is 1. The number of hydrogen-bond donors (Lipinski definition) is 1. The van der Waals surface area contributed by atoms with Gasteiger partial charge in [-0.1, -0.05) is 0 Å². The molecule has 2 unspecified atom stereocenters. The van der Waals surface area contributed by atoms with Crippen molar-refractivity contribution in [1.29, 1.82) is 0 Å². The lowest BCUT2D eigenvalue weighted by molar-refractivity contribution is 0.220. The van der Waals surface area contributed by atoms with E-state index in [1.165, 1.54) is 0 Å². The van der Waals surface area contributed by atoms with Gasteiger partial charge in [-0.3, -0.25) is 4.90 Å². The van der Waals surface area contributed by atoms with Gasteiger partial charge in [0.2, 0.25) is 0 Å². The summed E-state index contributed by atoms with van der Waals surface area (Å²) in [6, 6.07) is 0. The normalized spacial score (nSPS) is 46.3. The number of nitrogens with zero attached hydrogens (tertiary/aromatic N) is 1. The molecule has 1 saturated heterocycles. The van der Waals surface area contributed by atoms with Gasteiger partial charge in [0.1, 0.15) is 6.23 Å². The van der Waals surface area contributed by atoms with Crippen LogP contribution in [0.5, 0.6) is 0 Å². The van der Waals surface area contributed by atoms with Crippen molar-refractivity contribution in [3.8, 4) is 0 Å². The summed E-state index contributed by atoms with van der Waals surface area (Å²) in [5, 5.41) is 8.89. The molecule has 1 N–H and O–H groups in total. The summed E-state index contributed by atoms with van der Waals surface area (Å²) in [6.07, 6.45) is -0.201. The molecule has 1 fully saturated rings. The van der Waals surface area contributed by atoms with E-state index in [9.17, 15) is 0 Å². The zero-order valence-electron chi connectivity index (χ0n) is 4.97. The third-order valence-electron chi connectivity index (χ3n) is 1.84. The van der Waals surface area contributed by atoms with Crippen LogP contribution in [0.4, 0.5) is 0 Å². The van der Waals surface area contributed by atoms with Crippen molar-refractivity contribution in [2.75, 3.05) is 7.05 Å². The average Bonchev–Trinajstić information content (AvgIpc) is 1.91. The summed E-state index contributed by atoms with van der Waals surface area (Å²) >= 11 is 0. The fourth-order valence-corrected chi connectivity index (χ4v) is 0.652. The number of hydrogen-bond acceptors (Lipinski definition) is 2. The highest BCUT2D eigenvalue weighted by Gasteiger charge is 2.51. The van der Waals surface area contributed by atoms with Gasteiger partial charge in [0.25, 0.3) is 0 Å². The topological polar surface area (TPSA) is 23.2 Å². The van der Waals surface area contributed by atoms with E-state index >= 15 is 0 Å². The first-order chi connectivity index (χ1) is 3.07. The Morgan fingerprint density at radius 2 is 1.71 bits per heavy atom. The number of aliphatic hydroxyl groups is 1. The Balaban J connectivity index is 2.52. The van der Waals surface area contributed by atoms with Crippen LogP contribution in [0.3, 0.4) is 0 Å². The first-order valence-electron chi connectivity index (χ1n) is 2.48. The minimum Gasteiger partial charge on any atom is -0.376 e. The van der Waals surface area contributed by atoms with Crippen molar-refractivity contribution in [2.45, 2.75) is 25.6 Å². The molecule has 7 heavy (non-hydrogen) atoms. The second-order valence-corrected chi connectivity index (χ2v) is 2.64. The SMILES string of the molecule is CN1C(O)C1(C)C. The summed E-state index contributed by atoms with van der Waals surface area (Å²) in [4.78, 5) is 1.91. The minimum absolute atomic E-state index is 0.0556. The smallest absolute Gasteiger partial charge is 0.125 e. The molecule has 0 aliphatic carbocycles. The molecular formula is C5H11NO. The van der Waals surface area contributed by atoms with Crippen LogP contribution in [-0.2, 0) is 0 Å². The van der Waals surface area contributed by atoms with E-state index in [1.807, 2.05) is 25.8 Å². The standard InChI is InChI=1S/C5H11NO/c1-5(2)4(7)6(5)3/h4,7H,1-3H3. The summed E-state index contributed by atoms with van der Waals surface area (Å²) in [5.41, 5.74) is 0.0556. The molecule has 1 aliphatic rings. The molecular weight excluding hydrogens is 90.1 g/mol. The monoisotopic (exact) mass is 101 g/mol. The number of aliphatic hydroxyl groups excluding tert-OH is 1. The molecule has 0 aromatic heterocycles. The van der Waals surface area contributed by atoms with Crippen LogP contribution in [0.2, 0.25) is 0 Å². The molecule has 0 amide bonds. The second kappa shape index (κ2) is 1.01. The van der Waals surface area contributed by atoms with Gasteiger partial charge >= 0.3 is 0 Å². The molecule has 1 rings (SSSR count). The van der Waals surface area contributed by atoms with Crippen molar-refractivity contribution in [2.24, 2.45) is 0 Å². The molecule has 0 spiro atoms. The molecule has 1 heterocycles. The first-order valence-corrected chi connectivity index (χ1v) is 2.48. The van der Waals surface area contributed by atoms with Crippen LogP contribution >= 0.6 is 0 Å². The van der Waals surface area contributed by atoms with Gasteiger partial charge in [-0.2, -0.15) is 0 Å². The van der Waals surface area contributed by atoms with Crippen LogP contribution < -0.4 is 0 Å². The van der Waals surface area contributed by atoms with Gasteiger partial charge in [0.15, 0.2) is 0 Å². The van der Waals surface area contributed by atoms with E-state index in [-0.39, 0.29) is 11.8 Å². The highest BCUT2D eigenvalue weighted by molar-refractivity contribution is 5.01. The summed E-state index contributed by atoms with van der Waals surface area (Å²) < 4.78 is 0. The first kappa shape index (κ1) is 5.06. The Labute approximate surface area is 43.7 Å². The van der Waals surface area contributed by atoms with Crippen LogP contribution in [0.1, 0.15) is 13.8 Å². The van der Waals surface area contributed by atoms with E-state index in [0.29, 0.717) is 0 Å². The molecule has 0 saturated carbocycles. The number of rotatable bonds is 0. The predicted octanol–water partition coefficient (Wildman–Crippen LogP) is 0.0288. The van der Waals surface area contributed by atoms with Gasteiger partial charge in [0, 0.05) is 0 Å². The van der Waals surface area contributed by atoms with Gasteiger partial charge in [-0.15, -0.1) is 0 Å². The molecule has 2 heteroatoms. The molecule has 0 aromatic carbocycles. The lowest BCUT2D eigenvalue weighted by atomic mass is 10.2. The Bertz CT molecular complexity index is 80.1. The van der Waals surface area contributed by atoms with Gasteiger partial charge in [-0.25, -0.2) is 0 Å². The summed E-state index contributed by atoms with van der Waals surface area (Å²) in [7, 11) is 1.91. The fraction of sp³-hybridized carbons (Fsp3) is 1.00. The zero-order chi connectivity index (χ0) is 5.65. The maximum atomic E-state index is 8.89. The Hall–Kier alpha value is -0.0800. The lowest BCUT2D eigenvalue weighted by Crippen LogP contribution is -2.03. The highest BCUT2D eigenvalue weighted by Crippen LogP contribution is 2.35. The van der Waals surface area contributed by atoms with Crippen LogP contribution in [-0.4, -0.2) is 28.8 Å². The van der Waals surface area contributed by atoms with Crippen molar-refractivity contribution < 1.29 is 5.11 Å². The van der Waals surface area contributed by atoms with Gasteiger partial charge < -0.3 is 5.11 Å². The third-order valence-corrected chi connectivity index (χ3v) is 1.84. The van der Waals surface area contributed by atoms with Crippen molar-refractivity contribution >= 4 is 0 Å². The molecule has 0 bridgehead atoms. The molecule has 42 valence electrons. The predicted molar refractivity (Wildman–Crippen MR) is 27.8 cm³/mol. The quantitative estimate of drug-likeness (QED) is 0.435. The van der Waals surface area contributed by atoms with Crippen molar-refractivity contribution in [1.82, 2.24) is 4.90 Å². The van der Waals surface area contributed by atoms with Crippen molar-refractivity contribution in [3.05, 3.63) is 0 Å². The molecule has 2 atom stereocenters. The van der Waals surface area contributed by atoms with Gasteiger partial charge in [-0.05, 0) is 20.9 Å². The second-order valence-electron chi connectivity index (χ2n) is 2.64. The lowest BCUT2D eigenvalue weighted by Gasteiger charge is -1.92. The van der Waals surface area contributed by atoms with Crippen LogP contribution in [0.15, 0.2) is 0 Å². The molecule has 0 radical (unpaired) electrons. The van der Waals surface area contributed by atoms with Crippen molar-refractivity contribution in [3.63, 3.8) is 0 Å². The maximum Gasteiger partial charge on any atom is 0.125 e. The highest BCUT2D eigenvalue weighted by atomic mass is 16.3. The van der Waals surface area contributed by atoms with E-state index in [2.05, 4.69) is 0 Å². The largest absolute Gasteiger partial charge is 0.376 e. The van der Waals surface area contributed by atoms with E-state index in [1.54, 1.807) is 0 Å². The molecule has 2 nitrogen and oxygen atoms in total.